The van der Waals surface area contributed by atoms with E-state index < -0.39 is 0 Å². The van der Waals surface area contributed by atoms with E-state index in [1.807, 2.05) is 0 Å². The highest BCUT2D eigenvalue weighted by atomic mass is 16.3. The van der Waals surface area contributed by atoms with Crippen molar-refractivity contribution in [1.82, 2.24) is 5.32 Å². The highest BCUT2D eigenvalue weighted by molar-refractivity contribution is 4.72. The Morgan fingerprint density at radius 1 is 1.50 bits per heavy atom. The first-order chi connectivity index (χ1) is 5.83. The summed E-state index contributed by atoms with van der Waals surface area (Å²) in [5.41, 5.74) is 0. The fraction of sp³-hybridized carbons (Fsp3) is 1.00. The second kappa shape index (κ2) is 5.55. The summed E-state index contributed by atoms with van der Waals surface area (Å²) in [7, 11) is 0. The first-order valence-electron chi connectivity index (χ1n) is 5.14. The molecule has 1 saturated carbocycles. The second-order valence-corrected chi connectivity index (χ2v) is 4.08. The maximum atomic E-state index is 8.75. The number of rotatable bonds is 7. The highest BCUT2D eigenvalue weighted by Crippen LogP contribution is 2.33. The van der Waals surface area contributed by atoms with Crippen LogP contribution in [0.4, 0.5) is 0 Å². The minimum Gasteiger partial charge on any atom is -0.396 e. The van der Waals surface area contributed by atoms with Crippen molar-refractivity contribution in [3.05, 3.63) is 0 Å². The Balaban J connectivity index is 1.75. The summed E-state index contributed by atoms with van der Waals surface area (Å²) in [6.45, 7) is 4.45. The zero-order valence-corrected chi connectivity index (χ0v) is 8.05. The molecule has 12 heavy (non-hydrogen) atoms. The smallest absolute Gasteiger partial charge is 0.0468 e. The van der Waals surface area contributed by atoms with Gasteiger partial charge in [-0.3, -0.25) is 0 Å². The maximum Gasteiger partial charge on any atom is 0.0468 e. The fourth-order valence-corrected chi connectivity index (χ4v) is 1.34. The van der Waals surface area contributed by atoms with Crippen LogP contribution in [-0.4, -0.2) is 24.8 Å². The van der Waals surface area contributed by atoms with E-state index >= 15 is 0 Å². The van der Waals surface area contributed by atoms with Crippen molar-refractivity contribution in [2.45, 2.75) is 32.6 Å². The van der Waals surface area contributed by atoms with Crippen molar-refractivity contribution in [3.8, 4) is 0 Å². The lowest BCUT2D eigenvalue weighted by molar-refractivity contribution is 0.234. The van der Waals surface area contributed by atoms with Gasteiger partial charge in [0.15, 0.2) is 0 Å². The molecule has 1 rings (SSSR count). The van der Waals surface area contributed by atoms with E-state index in [9.17, 15) is 0 Å². The number of hydrogen-bond acceptors (Lipinski definition) is 2. The fourth-order valence-electron chi connectivity index (χ4n) is 1.34. The topological polar surface area (TPSA) is 32.3 Å². The van der Waals surface area contributed by atoms with E-state index in [0.29, 0.717) is 12.5 Å². The molecule has 0 aromatic rings. The van der Waals surface area contributed by atoms with Crippen LogP contribution >= 0.6 is 0 Å². The van der Waals surface area contributed by atoms with Gasteiger partial charge in [-0.25, -0.2) is 0 Å². The molecule has 0 spiro atoms. The quantitative estimate of drug-likeness (QED) is 0.567. The number of aliphatic hydroxyl groups is 1. The lowest BCUT2D eigenvalue weighted by atomic mass is 10.2. The van der Waals surface area contributed by atoms with E-state index in [0.717, 1.165) is 19.0 Å². The van der Waals surface area contributed by atoms with E-state index in [1.54, 1.807) is 0 Å². The first-order valence-corrected chi connectivity index (χ1v) is 5.14. The molecule has 2 N–H and O–H groups in total. The maximum absolute atomic E-state index is 8.75. The normalized spacial score (nSPS) is 19.5. The van der Waals surface area contributed by atoms with Crippen LogP contribution < -0.4 is 5.32 Å². The largest absolute Gasteiger partial charge is 0.396 e. The molecule has 2 nitrogen and oxygen atoms in total. The molecule has 1 aliphatic carbocycles. The third kappa shape index (κ3) is 4.73. The number of aliphatic hydroxyl groups excluding tert-OH is 1. The van der Waals surface area contributed by atoms with Crippen LogP contribution in [0, 0.1) is 11.8 Å². The van der Waals surface area contributed by atoms with Crippen molar-refractivity contribution in [1.29, 1.82) is 0 Å². The molecule has 1 unspecified atom stereocenters. The molecular formula is C10H21NO. The van der Waals surface area contributed by atoms with Crippen molar-refractivity contribution >= 4 is 0 Å². The second-order valence-electron chi connectivity index (χ2n) is 4.08. The Kier molecular flexibility index (Phi) is 4.62. The van der Waals surface area contributed by atoms with Gasteiger partial charge in [0.05, 0.1) is 0 Å². The summed E-state index contributed by atoms with van der Waals surface area (Å²) >= 11 is 0. The van der Waals surface area contributed by atoms with Gasteiger partial charge in [0.25, 0.3) is 0 Å². The van der Waals surface area contributed by atoms with Crippen LogP contribution in [0.25, 0.3) is 0 Å². The first kappa shape index (κ1) is 10.0. The monoisotopic (exact) mass is 171 g/mol. The Morgan fingerprint density at radius 2 is 2.25 bits per heavy atom. The van der Waals surface area contributed by atoms with Gasteiger partial charge in [-0.1, -0.05) is 19.8 Å². The molecular weight excluding hydrogens is 150 g/mol. The Morgan fingerprint density at radius 3 is 2.83 bits per heavy atom. The molecule has 0 radical (unpaired) electrons. The van der Waals surface area contributed by atoms with E-state index in [1.165, 1.54) is 25.7 Å². The molecule has 2 heteroatoms. The average molecular weight is 171 g/mol. The summed E-state index contributed by atoms with van der Waals surface area (Å²) in [6.07, 6.45) is 5.64. The molecule has 72 valence electrons. The van der Waals surface area contributed by atoms with Gasteiger partial charge < -0.3 is 10.4 Å². The summed E-state index contributed by atoms with van der Waals surface area (Å²) in [6, 6.07) is 0. The van der Waals surface area contributed by atoms with Gasteiger partial charge in [-0.15, -0.1) is 0 Å². The molecule has 0 aromatic carbocycles. The van der Waals surface area contributed by atoms with Crippen LogP contribution in [-0.2, 0) is 0 Å². The van der Waals surface area contributed by atoms with Crippen LogP contribution in [0.3, 0.4) is 0 Å². The lowest BCUT2D eigenvalue weighted by Gasteiger charge is -2.08. The van der Waals surface area contributed by atoms with Gasteiger partial charge in [-0.05, 0) is 37.8 Å². The Hall–Kier alpha value is -0.0800. The van der Waals surface area contributed by atoms with E-state index in [-0.39, 0.29) is 0 Å². The summed E-state index contributed by atoms with van der Waals surface area (Å²) in [5.74, 6) is 1.47. The third-order valence-electron chi connectivity index (χ3n) is 2.47. The highest BCUT2D eigenvalue weighted by Gasteiger charge is 2.19. The average Bonchev–Trinajstić information content (AvgIpc) is 2.87. The van der Waals surface area contributed by atoms with Crippen molar-refractivity contribution in [2.75, 3.05) is 19.7 Å². The molecule has 0 aliphatic heterocycles. The third-order valence-corrected chi connectivity index (χ3v) is 2.47. The zero-order valence-electron chi connectivity index (χ0n) is 8.05. The van der Waals surface area contributed by atoms with E-state index in [2.05, 4.69) is 12.2 Å². The van der Waals surface area contributed by atoms with Crippen LogP contribution in [0.1, 0.15) is 32.6 Å². The molecule has 1 aliphatic rings. The van der Waals surface area contributed by atoms with Gasteiger partial charge in [0, 0.05) is 6.61 Å². The van der Waals surface area contributed by atoms with Crippen LogP contribution in [0.2, 0.25) is 0 Å². The van der Waals surface area contributed by atoms with Crippen LogP contribution in [0.15, 0.2) is 0 Å². The minimum absolute atomic E-state index is 0.301. The van der Waals surface area contributed by atoms with Gasteiger partial charge in [0.1, 0.15) is 0 Å². The zero-order chi connectivity index (χ0) is 8.81. The molecule has 1 atom stereocenters. The molecule has 0 amide bonds. The Bertz CT molecular complexity index is 112. The van der Waals surface area contributed by atoms with E-state index in [4.69, 9.17) is 5.11 Å². The van der Waals surface area contributed by atoms with Crippen LogP contribution in [0.5, 0.6) is 0 Å². The summed E-state index contributed by atoms with van der Waals surface area (Å²) in [4.78, 5) is 0. The van der Waals surface area contributed by atoms with Gasteiger partial charge in [0.2, 0.25) is 0 Å². The summed E-state index contributed by atoms with van der Waals surface area (Å²) < 4.78 is 0. The standard InChI is InChI=1S/C10H21NO/c1-9(8-12)7-11-6-2-3-10-4-5-10/h9-12H,2-8H2,1H3. The molecule has 0 heterocycles. The molecule has 0 aromatic heterocycles. The molecule has 0 saturated heterocycles. The predicted octanol–water partition coefficient (Wildman–Crippen LogP) is 1.39. The van der Waals surface area contributed by atoms with Crippen molar-refractivity contribution < 1.29 is 5.11 Å². The number of hydrogen-bond donors (Lipinski definition) is 2. The van der Waals surface area contributed by atoms with Crippen molar-refractivity contribution in [2.24, 2.45) is 11.8 Å². The summed E-state index contributed by atoms with van der Waals surface area (Å²) in [5, 5.41) is 12.1. The SMILES string of the molecule is CC(CO)CNCCCC1CC1. The number of nitrogens with one attached hydrogen (secondary N) is 1. The van der Waals surface area contributed by atoms with Gasteiger partial charge >= 0.3 is 0 Å². The molecule has 1 fully saturated rings. The minimum atomic E-state index is 0.301. The lowest BCUT2D eigenvalue weighted by Crippen LogP contribution is -2.24. The predicted molar refractivity (Wildman–Crippen MR) is 51.1 cm³/mol. The van der Waals surface area contributed by atoms with Gasteiger partial charge in [-0.2, -0.15) is 0 Å². The Labute approximate surface area is 75.4 Å². The molecule has 0 bridgehead atoms. The van der Waals surface area contributed by atoms with Crippen molar-refractivity contribution in [3.63, 3.8) is 0 Å².